The lowest BCUT2D eigenvalue weighted by atomic mass is 10.1. The van der Waals surface area contributed by atoms with E-state index >= 15 is 0 Å². The van der Waals surface area contributed by atoms with Gasteiger partial charge in [-0.15, -0.1) is 0 Å². The van der Waals surface area contributed by atoms with Crippen LogP contribution in [0, 0.1) is 11.3 Å². The molecule has 0 fully saturated rings. The van der Waals surface area contributed by atoms with Crippen molar-refractivity contribution in [2.75, 3.05) is 0 Å². The summed E-state index contributed by atoms with van der Waals surface area (Å²) in [6, 6.07) is 9.48. The molecule has 2 aromatic rings. The third-order valence-corrected chi connectivity index (χ3v) is 4.31. The standard InChI is InChI=1S/C11H5Br2ClN2/c12-9-8(5-15)10(16-11(9)13)6-1-3-7(14)4-2-6/h1-4,16H. The zero-order valence-corrected chi connectivity index (χ0v) is 11.8. The summed E-state index contributed by atoms with van der Waals surface area (Å²) < 4.78 is 1.49. The molecule has 2 nitrogen and oxygen atoms in total. The largest absolute Gasteiger partial charge is 0.347 e. The van der Waals surface area contributed by atoms with Gasteiger partial charge in [-0.3, -0.25) is 0 Å². The fourth-order valence-electron chi connectivity index (χ4n) is 1.38. The topological polar surface area (TPSA) is 39.6 Å². The molecular formula is C11H5Br2ClN2. The third kappa shape index (κ3) is 2.03. The lowest BCUT2D eigenvalue weighted by Crippen LogP contribution is -1.81. The average Bonchev–Trinajstić information content (AvgIpc) is 2.56. The van der Waals surface area contributed by atoms with Crippen LogP contribution in [0.25, 0.3) is 11.3 Å². The number of nitrogens with one attached hydrogen (secondary N) is 1. The minimum atomic E-state index is 0.578. The van der Waals surface area contributed by atoms with Crippen LogP contribution in [0.15, 0.2) is 33.3 Å². The van der Waals surface area contributed by atoms with Crippen LogP contribution in [-0.2, 0) is 0 Å². The van der Waals surface area contributed by atoms with E-state index in [2.05, 4.69) is 42.9 Å². The number of benzene rings is 1. The highest BCUT2D eigenvalue weighted by Crippen LogP contribution is 2.34. The highest BCUT2D eigenvalue weighted by atomic mass is 79.9. The molecule has 1 heterocycles. The molecule has 1 aromatic heterocycles. The van der Waals surface area contributed by atoms with Gasteiger partial charge in [0.1, 0.15) is 6.07 Å². The predicted octanol–water partition coefficient (Wildman–Crippen LogP) is 4.73. The van der Waals surface area contributed by atoms with Crippen molar-refractivity contribution in [1.29, 1.82) is 5.26 Å². The third-order valence-electron chi connectivity index (χ3n) is 2.14. The molecule has 16 heavy (non-hydrogen) atoms. The predicted molar refractivity (Wildman–Crippen MR) is 71.4 cm³/mol. The second-order valence-corrected chi connectivity index (χ2v) is 5.14. The Balaban J connectivity index is 2.61. The van der Waals surface area contributed by atoms with Crippen LogP contribution in [0.4, 0.5) is 0 Å². The fourth-order valence-corrected chi connectivity index (χ4v) is 2.29. The average molecular weight is 360 g/mol. The first kappa shape index (κ1) is 11.7. The van der Waals surface area contributed by atoms with Crippen molar-refractivity contribution in [3.05, 3.63) is 43.9 Å². The molecule has 80 valence electrons. The van der Waals surface area contributed by atoms with Crippen molar-refractivity contribution in [2.24, 2.45) is 0 Å². The number of aromatic amines is 1. The van der Waals surface area contributed by atoms with Gasteiger partial charge in [0.15, 0.2) is 0 Å². The van der Waals surface area contributed by atoms with Gasteiger partial charge in [-0.2, -0.15) is 5.26 Å². The second-order valence-electron chi connectivity index (χ2n) is 3.12. The first-order chi connectivity index (χ1) is 7.63. The number of aromatic nitrogens is 1. The molecule has 0 bridgehead atoms. The Morgan fingerprint density at radius 3 is 2.38 bits per heavy atom. The number of nitriles is 1. The molecule has 2 rings (SSSR count). The van der Waals surface area contributed by atoms with Gasteiger partial charge in [-0.05, 0) is 49.6 Å². The van der Waals surface area contributed by atoms with Gasteiger partial charge in [-0.25, -0.2) is 0 Å². The summed E-state index contributed by atoms with van der Waals surface area (Å²) in [6.45, 7) is 0. The van der Waals surface area contributed by atoms with Crippen LogP contribution in [-0.4, -0.2) is 4.98 Å². The van der Waals surface area contributed by atoms with Gasteiger partial charge in [0.25, 0.3) is 0 Å². The number of H-pyrrole nitrogens is 1. The van der Waals surface area contributed by atoms with E-state index < -0.39 is 0 Å². The maximum absolute atomic E-state index is 9.08. The summed E-state index contributed by atoms with van der Waals surface area (Å²) in [5, 5.41) is 9.75. The highest BCUT2D eigenvalue weighted by Gasteiger charge is 2.14. The van der Waals surface area contributed by atoms with E-state index in [4.69, 9.17) is 16.9 Å². The van der Waals surface area contributed by atoms with Crippen LogP contribution >= 0.6 is 43.5 Å². The van der Waals surface area contributed by atoms with Gasteiger partial charge in [0.05, 0.1) is 20.3 Å². The van der Waals surface area contributed by atoms with Crippen LogP contribution in [0.3, 0.4) is 0 Å². The van der Waals surface area contributed by atoms with Crippen molar-refractivity contribution in [1.82, 2.24) is 4.98 Å². The molecule has 0 spiro atoms. The minimum absolute atomic E-state index is 0.578. The number of rotatable bonds is 1. The molecule has 0 amide bonds. The van der Waals surface area contributed by atoms with E-state index in [1.54, 1.807) is 12.1 Å². The highest BCUT2D eigenvalue weighted by molar-refractivity contribution is 9.13. The molecule has 0 saturated heterocycles. The van der Waals surface area contributed by atoms with E-state index in [0.29, 0.717) is 10.6 Å². The summed E-state index contributed by atoms with van der Waals surface area (Å²) in [5.41, 5.74) is 2.28. The van der Waals surface area contributed by atoms with Crippen LogP contribution < -0.4 is 0 Å². The Hall–Kier alpha value is -0.760. The number of halogens is 3. The van der Waals surface area contributed by atoms with Crippen LogP contribution in [0.2, 0.25) is 5.02 Å². The molecular weight excluding hydrogens is 355 g/mol. The summed E-state index contributed by atoms with van der Waals surface area (Å²) in [4.78, 5) is 3.10. The Morgan fingerprint density at radius 2 is 1.81 bits per heavy atom. The SMILES string of the molecule is N#Cc1c(-c2ccc(Cl)cc2)[nH]c(Br)c1Br. The van der Waals surface area contributed by atoms with E-state index in [1.165, 1.54) is 0 Å². The van der Waals surface area contributed by atoms with E-state index in [-0.39, 0.29) is 0 Å². The Bertz CT molecular complexity index is 567. The zero-order valence-electron chi connectivity index (χ0n) is 7.89. The molecule has 1 aromatic carbocycles. The second kappa shape index (κ2) is 4.62. The monoisotopic (exact) mass is 358 g/mol. The van der Waals surface area contributed by atoms with E-state index in [9.17, 15) is 0 Å². The molecule has 1 N–H and O–H groups in total. The van der Waals surface area contributed by atoms with Crippen LogP contribution in [0.1, 0.15) is 5.56 Å². The molecule has 0 aliphatic carbocycles. The Kier molecular flexibility index (Phi) is 3.38. The lowest BCUT2D eigenvalue weighted by molar-refractivity contribution is 1.34. The minimum Gasteiger partial charge on any atom is -0.347 e. The molecule has 0 aliphatic heterocycles. The number of hydrogen-bond acceptors (Lipinski definition) is 1. The van der Waals surface area contributed by atoms with Crippen molar-refractivity contribution in [3.63, 3.8) is 0 Å². The van der Waals surface area contributed by atoms with Gasteiger partial charge >= 0.3 is 0 Å². The van der Waals surface area contributed by atoms with Gasteiger partial charge in [0, 0.05) is 5.02 Å². The maximum atomic E-state index is 9.08. The van der Waals surface area contributed by atoms with Crippen LogP contribution in [0.5, 0.6) is 0 Å². The van der Waals surface area contributed by atoms with Gasteiger partial charge in [0.2, 0.25) is 0 Å². The molecule has 0 atom stereocenters. The molecule has 5 heteroatoms. The summed E-state index contributed by atoms with van der Waals surface area (Å²) in [7, 11) is 0. The van der Waals surface area contributed by atoms with Crippen molar-refractivity contribution >= 4 is 43.5 Å². The summed E-state index contributed by atoms with van der Waals surface area (Å²) in [5.74, 6) is 0. The molecule has 0 saturated carbocycles. The molecule has 0 unspecified atom stereocenters. The van der Waals surface area contributed by atoms with Crippen molar-refractivity contribution in [2.45, 2.75) is 0 Å². The summed E-state index contributed by atoms with van der Waals surface area (Å²) >= 11 is 12.5. The van der Waals surface area contributed by atoms with E-state index in [0.717, 1.165) is 20.3 Å². The smallest absolute Gasteiger partial charge is 0.103 e. The Labute approximate surface area is 114 Å². The molecule has 0 radical (unpaired) electrons. The fraction of sp³-hybridized carbons (Fsp3) is 0. The molecule has 0 aliphatic rings. The number of hydrogen-bond donors (Lipinski definition) is 1. The van der Waals surface area contributed by atoms with Crippen molar-refractivity contribution in [3.8, 4) is 17.3 Å². The first-order valence-corrected chi connectivity index (χ1v) is 6.33. The quantitative estimate of drug-likeness (QED) is 0.784. The Morgan fingerprint density at radius 1 is 1.19 bits per heavy atom. The summed E-state index contributed by atoms with van der Waals surface area (Å²) in [6.07, 6.45) is 0. The number of nitrogens with zero attached hydrogens (tertiary/aromatic N) is 1. The first-order valence-electron chi connectivity index (χ1n) is 4.36. The zero-order chi connectivity index (χ0) is 11.7. The lowest BCUT2D eigenvalue weighted by Gasteiger charge is -1.99. The van der Waals surface area contributed by atoms with Crippen molar-refractivity contribution < 1.29 is 0 Å². The van der Waals surface area contributed by atoms with Gasteiger partial charge in [-0.1, -0.05) is 23.7 Å². The van der Waals surface area contributed by atoms with Gasteiger partial charge < -0.3 is 4.98 Å². The maximum Gasteiger partial charge on any atom is 0.103 e. The van der Waals surface area contributed by atoms with E-state index in [1.807, 2.05) is 12.1 Å². The normalized spacial score (nSPS) is 10.1.